The summed E-state index contributed by atoms with van der Waals surface area (Å²) in [5.41, 5.74) is 6.45. The van der Waals surface area contributed by atoms with Gasteiger partial charge in [-0.3, -0.25) is 14.7 Å². The van der Waals surface area contributed by atoms with Crippen molar-refractivity contribution in [3.63, 3.8) is 0 Å². The molecule has 0 saturated carbocycles. The largest absolute Gasteiger partial charge is 0.370 e. The van der Waals surface area contributed by atoms with Gasteiger partial charge in [0, 0.05) is 23.6 Å². The molecule has 0 radical (unpaired) electrons. The average molecular weight is 298 g/mol. The summed E-state index contributed by atoms with van der Waals surface area (Å²) < 4.78 is 13.2. The van der Waals surface area contributed by atoms with Gasteiger partial charge in [0.25, 0.3) is 5.56 Å². The van der Waals surface area contributed by atoms with E-state index in [9.17, 15) is 14.0 Å². The second kappa shape index (κ2) is 5.50. The third-order valence-corrected chi connectivity index (χ3v) is 3.40. The number of aromatic nitrogens is 2. The Hall–Kier alpha value is -2.08. The van der Waals surface area contributed by atoms with Gasteiger partial charge in [0.2, 0.25) is 5.91 Å². The highest BCUT2D eigenvalue weighted by atomic mass is 35.5. The number of aromatic amines is 2. The standard InChI is InChI=1S/C13H13ClFN3O2/c1-6-12(13(20)18-17-6)8(5-11(16)19)7-2-3-10(15)9(14)4-7/h2-4,8H,5H2,1H3,(H2,16,19)(H2,17,18,20)/t8-/m1/s1. The average Bonchev–Trinajstić information content (AvgIpc) is 2.70. The van der Waals surface area contributed by atoms with Gasteiger partial charge in [-0.15, -0.1) is 0 Å². The highest BCUT2D eigenvalue weighted by molar-refractivity contribution is 6.30. The van der Waals surface area contributed by atoms with E-state index in [1.807, 2.05) is 0 Å². The van der Waals surface area contributed by atoms with E-state index >= 15 is 0 Å². The first-order valence-electron chi connectivity index (χ1n) is 5.90. The van der Waals surface area contributed by atoms with Crippen LogP contribution >= 0.6 is 11.6 Å². The molecule has 0 fully saturated rings. The Labute approximate surface area is 118 Å². The van der Waals surface area contributed by atoms with E-state index in [4.69, 9.17) is 17.3 Å². The number of halogens is 2. The molecule has 20 heavy (non-hydrogen) atoms. The molecule has 0 aliphatic carbocycles. The van der Waals surface area contributed by atoms with Crippen LogP contribution in [0, 0.1) is 12.7 Å². The molecule has 7 heteroatoms. The van der Waals surface area contributed by atoms with Crippen LogP contribution in [0.5, 0.6) is 0 Å². The molecule has 0 spiro atoms. The molecule has 106 valence electrons. The summed E-state index contributed by atoms with van der Waals surface area (Å²) in [5.74, 6) is -1.69. The van der Waals surface area contributed by atoms with Crippen LogP contribution in [0.15, 0.2) is 23.0 Å². The molecule has 0 unspecified atom stereocenters. The second-order valence-electron chi connectivity index (χ2n) is 4.51. The molecule has 5 nitrogen and oxygen atoms in total. The van der Waals surface area contributed by atoms with Gasteiger partial charge < -0.3 is 10.8 Å². The van der Waals surface area contributed by atoms with Crippen molar-refractivity contribution < 1.29 is 9.18 Å². The van der Waals surface area contributed by atoms with Crippen LogP contribution in [0.3, 0.4) is 0 Å². The molecule has 2 rings (SSSR count). The first-order chi connectivity index (χ1) is 9.40. The molecule has 0 aliphatic rings. The summed E-state index contributed by atoms with van der Waals surface area (Å²) in [4.78, 5) is 23.1. The predicted molar refractivity (Wildman–Crippen MR) is 73.2 cm³/mol. The summed E-state index contributed by atoms with van der Waals surface area (Å²) in [5, 5.41) is 5.07. The topological polar surface area (TPSA) is 91.7 Å². The van der Waals surface area contributed by atoms with Crippen LogP contribution in [-0.4, -0.2) is 16.1 Å². The normalized spacial score (nSPS) is 12.3. The molecule has 2 aromatic rings. The summed E-state index contributed by atoms with van der Waals surface area (Å²) in [6.07, 6.45) is -0.0657. The zero-order chi connectivity index (χ0) is 14.9. The number of nitrogens with one attached hydrogen (secondary N) is 2. The van der Waals surface area contributed by atoms with E-state index in [1.54, 1.807) is 6.92 Å². The van der Waals surface area contributed by atoms with Crippen molar-refractivity contribution in [2.45, 2.75) is 19.3 Å². The first-order valence-corrected chi connectivity index (χ1v) is 6.28. The number of nitrogens with two attached hydrogens (primary N) is 1. The molecule has 1 aromatic carbocycles. The Kier molecular flexibility index (Phi) is 3.94. The first kappa shape index (κ1) is 14.3. The maximum Gasteiger partial charge on any atom is 0.267 e. The fourth-order valence-electron chi connectivity index (χ4n) is 2.19. The zero-order valence-corrected chi connectivity index (χ0v) is 11.4. The van der Waals surface area contributed by atoms with Crippen LogP contribution in [0.25, 0.3) is 0 Å². The number of rotatable bonds is 4. The number of carbonyl (C=O) groups excluding carboxylic acids is 1. The third kappa shape index (κ3) is 2.75. The number of aryl methyl sites for hydroxylation is 1. The summed E-state index contributed by atoms with van der Waals surface area (Å²) in [7, 11) is 0. The Balaban J connectivity index is 2.55. The molecular formula is C13H13ClFN3O2. The highest BCUT2D eigenvalue weighted by Gasteiger charge is 2.23. The second-order valence-corrected chi connectivity index (χ2v) is 4.92. The van der Waals surface area contributed by atoms with Gasteiger partial charge in [0.05, 0.1) is 5.02 Å². The predicted octanol–water partition coefficient (Wildman–Crippen LogP) is 1.81. The maximum absolute atomic E-state index is 13.2. The van der Waals surface area contributed by atoms with E-state index in [0.717, 1.165) is 0 Å². The lowest BCUT2D eigenvalue weighted by atomic mass is 9.88. The van der Waals surface area contributed by atoms with Crippen molar-refractivity contribution >= 4 is 17.5 Å². The van der Waals surface area contributed by atoms with Crippen molar-refractivity contribution in [3.05, 3.63) is 56.2 Å². The molecule has 0 saturated heterocycles. The van der Waals surface area contributed by atoms with Crippen molar-refractivity contribution in [3.8, 4) is 0 Å². The number of hydrogen-bond acceptors (Lipinski definition) is 2. The summed E-state index contributed by atoms with van der Waals surface area (Å²) in [6, 6.07) is 4.08. The fraction of sp³-hybridized carbons (Fsp3) is 0.231. The van der Waals surface area contributed by atoms with Gasteiger partial charge in [0.1, 0.15) is 5.82 Å². The minimum atomic E-state index is -0.569. The molecule has 0 aliphatic heterocycles. The van der Waals surface area contributed by atoms with Crippen LogP contribution in [-0.2, 0) is 4.79 Å². The van der Waals surface area contributed by atoms with Crippen LogP contribution < -0.4 is 11.3 Å². The summed E-state index contributed by atoms with van der Waals surface area (Å²) in [6.45, 7) is 1.70. The van der Waals surface area contributed by atoms with Gasteiger partial charge in [-0.1, -0.05) is 17.7 Å². The van der Waals surface area contributed by atoms with Crippen molar-refractivity contribution in [2.24, 2.45) is 5.73 Å². The smallest absolute Gasteiger partial charge is 0.267 e. The molecular weight excluding hydrogens is 285 g/mol. The van der Waals surface area contributed by atoms with Crippen LogP contribution in [0.1, 0.15) is 29.2 Å². The van der Waals surface area contributed by atoms with Gasteiger partial charge in [-0.05, 0) is 24.6 Å². The van der Waals surface area contributed by atoms with E-state index in [2.05, 4.69) is 10.2 Å². The van der Waals surface area contributed by atoms with Crippen LogP contribution in [0.2, 0.25) is 5.02 Å². The minimum absolute atomic E-state index is 0.0657. The number of amides is 1. The Morgan fingerprint density at radius 1 is 1.45 bits per heavy atom. The quantitative estimate of drug-likeness (QED) is 0.803. The lowest BCUT2D eigenvalue weighted by Gasteiger charge is -2.15. The van der Waals surface area contributed by atoms with Crippen LogP contribution in [0.4, 0.5) is 4.39 Å². The van der Waals surface area contributed by atoms with Crippen molar-refractivity contribution in [2.75, 3.05) is 0 Å². The van der Waals surface area contributed by atoms with Crippen molar-refractivity contribution in [1.82, 2.24) is 10.2 Å². The van der Waals surface area contributed by atoms with E-state index in [1.165, 1.54) is 18.2 Å². The van der Waals surface area contributed by atoms with E-state index in [-0.39, 0.29) is 17.0 Å². The zero-order valence-electron chi connectivity index (χ0n) is 10.7. The summed E-state index contributed by atoms with van der Waals surface area (Å²) >= 11 is 5.75. The fourth-order valence-corrected chi connectivity index (χ4v) is 2.38. The van der Waals surface area contributed by atoms with E-state index in [0.29, 0.717) is 16.8 Å². The Bertz CT molecular complexity index is 708. The third-order valence-electron chi connectivity index (χ3n) is 3.11. The maximum atomic E-state index is 13.2. The number of hydrogen-bond donors (Lipinski definition) is 3. The van der Waals surface area contributed by atoms with Crippen molar-refractivity contribution in [1.29, 1.82) is 0 Å². The van der Waals surface area contributed by atoms with Gasteiger partial charge >= 0.3 is 0 Å². The SMILES string of the molecule is Cc1[nH][nH]c(=O)c1[C@H](CC(N)=O)c1ccc(F)c(Cl)c1. The van der Waals surface area contributed by atoms with Gasteiger partial charge in [0.15, 0.2) is 0 Å². The minimum Gasteiger partial charge on any atom is -0.370 e. The van der Waals surface area contributed by atoms with Gasteiger partial charge in [-0.25, -0.2) is 4.39 Å². The van der Waals surface area contributed by atoms with E-state index < -0.39 is 17.6 Å². The monoisotopic (exact) mass is 297 g/mol. The molecule has 0 bridgehead atoms. The lowest BCUT2D eigenvalue weighted by Crippen LogP contribution is -2.20. The molecule has 1 amide bonds. The Morgan fingerprint density at radius 3 is 2.65 bits per heavy atom. The molecule has 1 heterocycles. The van der Waals surface area contributed by atoms with Gasteiger partial charge in [-0.2, -0.15) is 0 Å². The lowest BCUT2D eigenvalue weighted by molar-refractivity contribution is -0.118. The molecule has 4 N–H and O–H groups in total. The number of H-pyrrole nitrogens is 2. The Morgan fingerprint density at radius 2 is 2.15 bits per heavy atom. The highest BCUT2D eigenvalue weighted by Crippen LogP contribution is 2.29. The number of primary amides is 1. The number of carbonyl (C=O) groups is 1. The molecule has 1 atom stereocenters. The number of benzene rings is 1. The molecule has 1 aromatic heterocycles.